The van der Waals surface area contributed by atoms with Gasteiger partial charge in [0.1, 0.15) is 0 Å². The topological polar surface area (TPSA) is 113 Å². The first-order valence-electron chi connectivity index (χ1n) is 5.01. The normalized spacial score (nSPS) is 9.89. The van der Waals surface area contributed by atoms with Crippen molar-refractivity contribution in [3.05, 3.63) is 37.9 Å². The number of hydrogen-bond acceptors (Lipinski definition) is 6. The van der Waals surface area contributed by atoms with E-state index >= 15 is 0 Å². The Morgan fingerprint density at radius 1 is 1.28 bits per heavy atom. The van der Waals surface area contributed by atoms with Gasteiger partial charge in [-0.05, 0) is 6.42 Å². The summed E-state index contributed by atoms with van der Waals surface area (Å²) in [5.41, 5.74) is -0.753. The van der Waals surface area contributed by atoms with Crippen LogP contribution in [0.2, 0.25) is 0 Å². The largest absolute Gasteiger partial charge is 0.419 e. The first-order valence-corrected chi connectivity index (χ1v) is 5.01. The summed E-state index contributed by atoms with van der Waals surface area (Å²) >= 11 is 0. The lowest BCUT2D eigenvalue weighted by atomic mass is 10.1. The van der Waals surface area contributed by atoms with Crippen molar-refractivity contribution in [2.24, 2.45) is 0 Å². The van der Waals surface area contributed by atoms with Crippen LogP contribution in [0.3, 0.4) is 0 Å². The summed E-state index contributed by atoms with van der Waals surface area (Å²) in [6.45, 7) is 2.75. The smallest absolute Gasteiger partial charge is 0.318 e. The van der Waals surface area contributed by atoms with Gasteiger partial charge >= 0.3 is 11.7 Å². The highest BCUT2D eigenvalue weighted by atomic mass is 16.6. The second kappa shape index (κ2) is 5.21. The van der Waals surface area contributed by atoms with E-state index < -0.39 is 27.2 Å². The first-order chi connectivity index (χ1) is 8.36. The van der Waals surface area contributed by atoms with Gasteiger partial charge in [-0.2, -0.15) is 0 Å². The van der Waals surface area contributed by atoms with Gasteiger partial charge in [0.15, 0.2) is 0 Å². The lowest BCUT2D eigenvalue weighted by Gasteiger charge is -2.07. The number of nitro benzene ring substituents is 2. The number of nitro groups is 2. The molecule has 8 heteroatoms. The van der Waals surface area contributed by atoms with Crippen LogP contribution in [0.4, 0.5) is 11.4 Å². The van der Waals surface area contributed by atoms with Crippen LogP contribution >= 0.6 is 0 Å². The zero-order chi connectivity index (χ0) is 13.9. The third-order valence-electron chi connectivity index (χ3n) is 2.17. The van der Waals surface area contributed by atoms with Crippen LogP contribution in [0.5, 0.6) is 5.75 Å². The predicted octanol–water partition coefficient (Wildman–Crippen LogP) is 1.99. The maximum atomic E-state index is 10.9. The highest BCUT2D eigenvalue weighted by Crippen LogP contribution is 2.35. The van der Waals surface area contributed by atoms with Crippen molar-refractivity contribution in [2.45, 2.75) is 20.3 Å². The van der Waals surface area contributed by atoms with Gasteiger partial charge in [-0.25, -0.2) is 0 Å². The summed E-state index contributed by atoms with van der Waals surface area (Å²) < 4.78 is 4.76. The van der Waals surface area contributed by atoms with Crippen LogP contribution in [0.25, 0.3) is 0 Å². The first kappa shape index (κ1) is 13.6. The fourth-order valence-electron chi connectivity index (χ4n) is 1.42. The molecule has 0 fully saturated rings. The zero-order valence-electron chi connectivity index (χ0n) is 9.71. The van der Waals surface area contributed by atoms with Crippen LogP contribution in [-0.2, 0) is 11.2 Å². The van der Waals surface area contributed by atoms with Gasteiger partial charge in [-0.15, -0.1) is 0 Å². The lowest BCUT2D eigenvalue weighted by Crippen LogP contribution is -2.07. The molecule has 0 spiro atoms. The second-order valence-corrected chi connectivity index (χ2v) is 3.41. The minimum atomic E-state index is -0.815. The average molecular weight is 254 g/mol. The van der Waals surface area contributed by atoms with E-state index in [1.165, 1.54) is 0 Å². The van der Waals surface area contributed by atoms with E-state index in [0.717, 1.165) is 19.1 Å². The van der Waals surface area contributed by atoms with E-state index in [9.17, 15) is 25.0 Å². The molecule has 1 aromatic carbocycles. The molecular formula is C10H10N2O6. The van der Waals surface area contributed by atoms with Gasteiger partial charge in [-0.1, -0.05) is 6.92 Å². The maximum absolute atomic E-state index is 10.9. The summed E-state index contributed by atoms with van der Waals surface area (Å²) in [6, 6.07) is 1.93. The highest BCUT2D eigenvalue weighted by molar-refractivity contribution is 5.73. The van der Waals surface area contributed by atoms with E-state index in [1.54, 1.807) is 6.92 Å². The molecule has 1 rings (SSSR count). The quantitative estimate of drug-likeness (QED) is 0.351. The fraction of sp³-hybridized carbons (Fsp3) is 0.300. The summed E-state index contributed by atoms with van der Waals surface area (Å²) in [5, 5.41) is 21.5. The molecule has 96 valence electrons. The molecule has 8 nitrogen and oxygen atoms in total. The predicted molar refractivity (Wildman–Crippen MR) is 60.4 cm³/mol. The van der Waals surface area contributed by atoms with Crippen molar-refractivity contribution in [1.82, 2.24) is 0 Å². The number of carbonyl (C=O) groups excluding carboxylic acids is 1. The Hall–Kier alpha value is -2.51. The number of benzene rings is 1. The molecule has 0 heterocycles. The van der Waals surface area contributed by atoms with Crippen LogP contribution in [-0.4, -0.2) is 15.8 Å². The summed E-state index contributed by atoms with van der Waals surface area (Å²) in [7, 11) is 0. The van der Waals surface area contributed by atoms with Crippen molar-refractivity contribution in [1.29, 1.82) is 0 Å². The molecule has 0 aliphatic carbocycles. The van der Waals surface area contributed by atoms with Gasteiger partial charge < -0.3 is 4.74 Å². The molecule has 0 atom stereocenters. The highest BCUT2D eigenvalue weighted by Gasteiger charge is 2.25. The molecule has 0 radical (unpaired) electrons. The molecule has 0 aliphatic heterocycles. The van der Waals surface area contributed by atoms with E-state index in [1.807, 2.05) is 0 Å². The van der Waals surface area contributed by atoms with Gasteiger partial charge in [0.05, 0.1) is 15.9 Å². The molecule has 0 aliphatic rings. The number of ether oxygens (including phenoxy) is 1. The third kappa shape index (κ3) is 2.78. The zero-order valence-corrected chi connectivity index (χ0v) is 9.71. The Morgan fingerprint density at radius 2 is 1.89 bits per heavy atom. The van der Waals surface area contributed by atoms with E-state index in [2.05, 4.69) is 0 Å². The number of aryl methyl sites for hydroxylation is 1. The Balaban J connectivity index is 3.50. The lowest BCUT2D eigenvalue weighted by molar-refractivity contribution is -0.394. The average Bonchev–Trinajstić information content (AvgIpc) is 2.27. The molecule has 1 aromatic rings. The van der Waals surface area contributed by atoms with Crippen LogP contribution in [0.1, 0.15) is 19.4 Å². The van der Waals surface area contributed by atoms with E-state index in [4.69, 9.17) is 4.74 Å². The van der Waals surface area contributed by atoms with Gasteiger partial charge in [0.2, 0.25) is 5.75 Å². The molecule has 18 heavy (non-hydrogen) atoms. The van der Waals surface area contributed by atoms with E-state index in [-0.39, 0.29) is 17.7 Å². The molecule has 0 saturated carbocycles. The Bertz CT molecular complexity index is 525. The molecular weight excluding hydrogens is 244 g/mol. The van der Waals surface area contributed by atoms with E-state index in [0.29, 0.717) is 0 Å². The molecule has 0 unspecified atom stereocenters. The summed E-state index contributed by atoms with van der Waals surface area (Å²) in [5.74, 6) is -0.956. The van der Waals surface area contributed by atoms with Crippen molar-refractivity contribution in [3.63, 3.8) is 0 Å². The Labute approximate surface area is 101 Å². The number of hydrogen-bond donors (Lipinski definition) is 0. The third-order valence-corrected chi connectivity index (χ3v) is 2.17. The number of carbonyl (C=O) groups is 1. The minimum Gasteiger partial charge on any atom is -0.419 e. The molecule has 0 N–H and O–H groups in total. The number of non-ortho nitro benzene ring substituents is 1. The van der Waals surface area contributed by atoms with Crippen LogP contribution < -0.4 is 4.74 Å². The van der Waals surface area contributed by atoms with Crippen LogP contribution in [0, 0.1) is 20.2 Å². The van der Waals surface area contributed by atoms with Gasteiger partial charge in [-0.3, -0.25) is 25.0 Å². The molecule has 0 amide bonds. The van der Waals surface area contributed by atoms with Crippen molar-refractivity contribution < 1.29 is 19.4 Å². The van der Waals surface area contributed by atoms with Crippen molar-refractivity contribution >= 4 is 17.3 Å². The summed E-state index contributed by atoms with van der Waals surface area (Å²) in [4.78, 5) is 30.8. The Morgan fingerprint density at radius 3 is 2.28 bits per heavy atom. The van der Waals surface area contributed by atoms with Crippen molar-refractivity contribution in [2.75, 3.05) is 0 Å². The number of rotatable bonds is 4. The monoisotopic (exact) mass is 254 g/mol. The van der Waals surface area contributed by atoms with Gasteiger partial charge in [0, 0.05) is 18.6 Å². The maximum Gasteiger partial charge on any atom is 0.318 e. The fourth-order valence-corrected chi connectivity index (χ4v) is 1.42. The SMILES string of the molecule is CCc1cc([N+](=O)[O-])cc([N+](=O)[O-])c1OC(C)=O. The molecule has 0 bridgehead atoms. The molecule has 0 saturated heterocycles. The standard InChI is InChI=1S/C10H10N2O6/c1-3-7-4-8(11(14)15)5-9(12(16)17)10(7)18-6(2)13/h4-5H,3H2,1-2H3. The van der Waals surface area contributed by atoms with Crippen LogP contribution in [0.15, 0.2) is 12.1 Å². The second-order valence-electron chi connectivity index (χ2n) is 3.41. The van der Waals surface area contributed by atoms with Gasteiger partial charge in [0.25, 0.3) is 5.69 Å². The number of nitrogens with zero attached hydrogens (tertiary/aromatic N) is 2. The molecule has 0 aromatic heterocycles. The Kier molecular flexibility index (Phi) is 3.93. The number of esters is 1. The van der Waals surface area contributed by atoms with Crippen molar-refractivity contribution in [3.8, 4) is 5.75 Å². The minimum absolute atomic E-state index is 0.236. The summed E-state index contributed by atoms with van der Waals surface area (Å²) in [6.07, 6.45) is 0.269.